The Balaban J connectivity index is 1.65. The fourth-order valence-corrected chi connectivity index (χ4v) is 3.81. The largest absolute Gasteiger partial charge is 0.310 e. The van der Waals surface area contributed by atoms with Crippen molar-refractivity contribution in [2.45, 2.75) is 33.7 Å². The van der Waals surface area contributed by atoms with Crippen LogP contribution in [0.5, 0.6) is 0 Å². The van der Waals surface area contributed by atoms with Crippen LogP contribution in [-0.4, -0.2) is 20.4 Å². The van der Waals surface area contributed by atoms with Crippen LogP contribution in [0.25, 0.3) is 5.69 Å². The summed E-state index contributed by atoms with van der Waals surface area (Å²) in [5, 5.41) is 0. The van der Waals surface area contributed by atoms with Crippen LogP contribution in [0, 0.1) is 20.8 Å². The summed E-state index contributed by atoms with van der Waals surface area (Å²) in [6.45, 7) is 6.47. The van der Waals surface area contributed by atoms with E-state index in [1.165, 1.54) is 5.56 Å². The van der Waals surface area contributed by atoms with Crippen molar-refractivity contribution in [2.24, 2.45) is 0 Å². The summed E-state index contributed by atoms with van der Waals surface area (Å²) in [5.74, 6) is 0. The first kappa shape index (κ1) is 20.5. The highest BCUT2D eigenvalue weighted by molar-refractivity contribution is 5.74. The SMILES string of the molecule is Cc1ccc(Cn2cc(C=O)cc(Cc3ccc(-n4cnc(C)c4)c(C)c3)c2=O)cc1. The number of hydrogen-bond acceptors (Lipinski definition) is 3. The molecular formula is C26H25N3O2. The maximum Gasteiger partial charge on any atom is 0.254 e. The molecule has 4 aromatic rings. The Morgan fingerprint density at radius 2 is 1.68 bits per heavy atom. The van der Waals surface area contributed by atoms with Gasteiger partial charge in [0.05, 0.1) is 18.6 Å². The predicted octanol–water partition coefficient (Wildman–Crippen LogP) is 4.41. The third kappa shape index (κ3) is 4.56. The first-order chi connectivity index (χ1) is 14.9. The second-order valence-electron chi connectivity index (χ2n) is 8.06. The standard InChI is InChI=1S/C26H25N3O2/c1-18-4-6-21(7-5-18)14-28-15-23(16-30)12-24(26(28)31)11-22-8-9-25(19(2)10-22)29-13-20(3)27-17-29/h4-10,12-13,15-17H,11,14H2,1-3H3. The highest BCUT2D eigenvalue weighted by Crippen LogP contribution is 2.18. The molecule has 0 aliphatic heterocycles. The van der Waals surface area contributed by atoms with Crippen LogP contribution in [0.15, 0.2) is 72.0 Å². The van der Waals surface area contributed by atoms with Crippen molar-refractivity contribution in [3.63, 3.8) is 0 Å². The zero-order chi connectivity index (χ0) is 22.0. The Morgan fingerprint density at radius 3 is 2.32 bits per heavy atom. The van der Waals surface area contributed by atoms with Crippen LogP contribution in [0.4, 0.5) is 0 Å². The molecule has 2 aromatic heterocycles. The normalized spacial score (nSPS) is 10.9. The minimum absolute atomic E-state index is 0.0712. The van der Waals surface area contributed by atoms with Gasteiger partial charge in [0.25, 0.3) is 5.56 Å². The lowest BCUT2D eigenvalue weighted by atomic mass is 10.0. The van der Waals surface area contributed by atoms with Crippen LogP contribution in [0.2, 0.25) is 0 Å². The number of nitrogens with zero attached hydrogens (tertiary/aromatic N) is 3. The number of aromatic nitrogens is 3. The lowest BCUT2D eigenvalue weighted by Gasteiger charge is -2.12. The number of pyridine rings is 1. The molecule has 4 rings (SSSR count). The van der Waals surface area contributed by atoms with E-state index >= 15 is 0 Å². The molecule has 0 aliphatic rings. The van der Waals surface area contributed by atoms with E-state index in [0.717, 1.165) is 34.4 Å². The van der Waals surface area contributed by atoms with Gasteiger partial charge in [-0.1, -0.05) is 42.0 Å². The van der Waals surface area contributed by atoms with Crippen LogP contribution >= 0.6 is 0 Å². The van der Waals surface area contributed by atoms with Gasteiger partial charge >= 0.3 is 0 Å². The Morgan fingerprint density at radius 1 is 0.935 bits per heavy atom. The molecule has 0 amide bonds. The van der Waals surface area contributed by atoms with Gasteiger partial charge in [0.1, 0.15) is 0 Å². The van der Waals surface area contributed by atoms with E-state index in [4.69, 9.17) is 0 Å². The zero-order valence-corrected chi connectivity index (χ0v) is 18.0. The molecule has 0 spiro atoms. The number of benzene rings is 2. The smallest absolute Gasteiger partial charge is 0.254 e. The first-order valence-electron chi connectivity index (χ1n) is 10.3. The lowest BCUT2D eigenvalue weighted by molar-refractivity contribution is 0.112. The number of carbonyl (C=O) groups excluding carboxylic acids is 1. The number of hydrogen-bond donors (Lipinski definition) is 0. The molecule has 0 radical (unpaired) electrons. The van der Waals surface area contributed by atoms with E-state index in [0.29, 0.717) is 24.1 Å². The Bertz CT molecular complexity index is 1300. The number of aryl methyl sites for hydroxylation is 3. The monoisotopic (exact) mass is 411 g/mol. The summed E-state index contributed by atoms with van der Waals surface area (Å²) in [7, 11) is 0. The van der Waals surface area contributed by atoms with Crippen molar-refractivity contribution in [1.82, 2.24) is 14.1 Å². The minimum Gasteiger partial charge on any atom is -0.310 e. The van der Waals surface area contributed by atoms with E-state index < -0.39 is 0 Å². The molecule has 0 aliphatic carbocycles. The molecule has 0 saturated carbocycles. The molecular weight excluding hydrogens is 386 g/mol. The minimum atomic E-state index is -0.0712. The molecule has 0 saturated heterocycles. The van der Waals surface area contributed by atoms with Gasteiger partial charge in [-0.25, -0.2) is 4.98 Å². The lowest BCUT2D eigenvalue weighted by Crippen LogP contribution is -2.25. The molecule has 0 fully saturated rings. The van der Waals surface area contributed by atoms with E-state index in [9.17, 15) is 9.59 Å². The average Bonchev–Trinajstić information content (AvgIpc) is 3.18. The quantitative estimate of drug-likeness (QED) is 0.442. The maximum atomic E-state index is 13.1. The summed E-state index contributed by atoms with van der Waals surface area (Å²) in [6.07, 6.45) is 6.69. The first-order valence-corrected chi connectivity index (χ1v) is 10.3. The summed E-state index contributed by atoms with van der Waals surface area (Å²) in [5.41, 5.74) is 7.39. The van der Waals surface area contributed by atoms with Gasteiger partial charge in [0.2, 0.25) is 0 Å². The van der Waals surface area contributed by atoms with Crippen molar-refractivity contribution in [3.05, 3.63) is 117 Å². The zero-order valence-electron chi connectivity index (χ0n) is 18.0. The number of carbonyl (C=O) groups is 1. The average molecular weight is 412 g/mol. The van der Waals surface area contributed by atoms with Gasteiger partial charge in [-0.15, -0.1) is 0 Å². The van der Waals surface area contributed by atoms with E-state index in [1.807, 2.05) is 67.9 Å². The number of rotatable bonds is 6. The third-order valence-corrected chi connectivity index (χ3v) is 5.44. The molecule has 0 N–H and O–H groups in total. The maximum absolute atomic E-state index is 13.1. The van der Waals surface area contributed by atoms with Crippen molar-refractivity contribution in [2.75, 3.05) is 0 Å². The van der Waals surface area contributed by atoms with Crippen LogP contribution < -0.4 is 5.56 Å². The molecule has 2 aromatic carbocycles. The van der Waals surface area contributed by atoms with Gasteiger partial charge in [0, 0.05) is 35.6 Å². The number of aldehydes is 1. The molecule has 5 nitrogen and oxygen atoms in total. The Hall–Kier alpha value is -3.73. The Labute approximate surface area is 181 Å². The molecule has 31 heavy (non-hydrogen) atoms. The van der Waals surface area contributed by atoms with Gasteiger partial charge in [-0.2, -0.15) is 0 Å². The molecule has 0 bridgehead atoms. The van der Waals surface area contributed by atoms with Crippen LogP contribution in [0.1, 0.15) is 43.9 Å². The van der Waals surface area contributed by atoms with E-state index in [1.54, 1.807) is 23.2 Å². The summed E-state index contributed by atoms with van der Waals surface area (Å²) >= 11 is 0. The second kappa shape index (κ2) is 8.56. The molecule has 0 atom stereocenters. The topological polar surface area (TPSA) is 56.9 Å². The van der Waals surface area contributed by atoms with Gasteiger partial charge in [-0.3, -0.25) is 9.59 Å². The Kier molecular flexibility index (Phi) is 5.67. The van der Waals surface area contributed by atoms with Crippen molar-refractivity contribution in [3.8, 4) is 5.69 Å². The van der Waals surface area contributed by atoms with Crippen LogP contribution in [-0.2, 0) is 13.0 Å². The summed E-state index contributed by atoms with van der Waals surface area (Å²) < 4.78 is 3.62. The van der Waals surface area contributed by atoms with Gasteiger partial charge in [0.15, 0.2) is 6.29 Å². The fourth-order valence-electron chi connectivity index (χ4n) is 3.81. The van der Waals surface area contributed by atoms with Crippen molar-refractivity contribution in [1.29, 1.82) is 0 Å². The molecule has 5 heteroatoms. The molecule has 156 valence electrons. The number of imidazole rings is 1. The fraction of sp³-hybridized carbons (Fsp3) is 0.192. The van der Waals surface area contributed by atoms with Gasteiger partial charge in [-0.05, 0) is 49.6 Å². The summed E-state index contributed by atoms with van der Waals surface area (Å²) in [4.78, 5) is 28.9. The summed E-state index contributed by atoms with van der Waals surface area (Å²) in [6, 6.07) is 15.9. The third-order valence-electron chi connectivity index (χ3n) is 5.44. The predicted molar refractivity (Wildman–Crippen MR) is 122 cm³/mol. The van der Waals surface area contributed by atoms with Crippen molar-refractivity contribution < 1.29 is 4.79 Å². The van der Waals surface area contributed by atoms with Crippen molar-refractivity contribution >= 4 is 6.29 Å². The molecule has 2 heterocycles. The molecule has 0 unspecified atom stereocenters. The highest BCUT2D eigenvalue weighted by atomic mass is 16.1. The van der Waals surface area contributed by atoms with Crippen LogP contribution in [0.3, 0.4) is 0 Å². The highest BCUT2D eigenvalue weighted by Gasteiger charge is 2.10. The van der Waals surface area contributed by atoms with E-state index in [2.05, 4.69) is 11.1 Å². The van der Waals surface area contributed by atoms with Gasteiger partial charge < -0.3 is 9.13 Å². The van der Waals surface area contributed by atoms with E-state index in [-0.39, 0.29) is 5.56 Å². The second-order valence-corrected chi connectivity index (χ2v) is 8.06.